The molecule has 0 aromatic carbocycles. The lowest BCUT2D eigenvalue weighted by molar-refractivity contribution is -0.0734. The average Bonchev–Trinajstić information content (AvgIpc) is 2.99. The maximum absolute atomic E-state index is 9.83. The van der Waals surface area contributed by atoms with Crippen LogP contribution in [0, 0.1) is 46.8 Å². The van der Waals surface area contributed by atoms with Crippen LogP contribution in [-0.2, 0) is 0 Å². The highest BCUT2D eigenvalue weighted by molar-refractivity contribution is 5.05. The maximum Gasteiger partial charge on any atom is 0.0464 e. The number of rotatable bonds is 3. The second kappa shape index (κ2) is 8.32. The lowest BCUT2D eigenvalue weighted by Gasteiger charge is -2.56. The van der Waals surface area contributed by atoms with Gasteiger partial charge in [-0.05, 0) is 98.2 Å². The zero-order valence-corrected chi connectivity index (χ0v) is 17.5. The summed E-state index contributed by atoms with van der Waals surface area (Å²) < 4.78 is 0. The molecule has 1 heteroatoms. The summed E-state index contributed by atoms with van der Waals surface area (Å²) in [6.45, 7) is 9.34. The minimum atomic E-state index is 0.440. The Bertz CT molecular complexity index is 418. The van der Waals surface area contributed by atoms with E-state index in [0.717, 1.165) is 35.5 Å². The van der Waals surface area contributed by atoms with E-state index in [9.17, 15) is 5.11 Å². The molecule has 0 aliphatic heterocycles. The Morgan fingerprint density at radius 2 is 1.64 bits per heavy atom. The number of hydrogen-bond donors (Lipinski definition) is 1. The molecule has 8 atom stereocenters. The predicted octanol–water partition coefficient (Wildman–Crippen LogP) is 6.69. The van der Waals surface area contributed by atoms with Crippen LogP contribution in [0.2, 0.25) is 0 Å². The Morgan fingerprint density at radius 3 is 2.36 bits per heavy atom. The summed E-state index contributed by atoms with van der Waals surface area (Å²) in [6, 6.07) is 0. The van der Waals surface area contributed by atoms with E-state index in [4.69, 9.17) is 0 Å². The van der Waals surface area contributed by atoms with E-state index < -0.39 is 0 Å². The van der Waals surface area contributed by atoms with Crippen LogP contribution in [0.1, 0.15) is 98.3 Å². The molecule has 0 spiro atoms. The van der Waals surface area contributed by atoms with Gasteiger partial charge in [-0.2, -0.15) is 0 Å². The smallest absolute Gasteiger partial charge is 0.0464 e. The summed E-state index contributed by atoms with van der Waals surface area (Å²) in [5.74, 6) is 6.79. The van der Waals surface area contributed by atoms with Gasteiger partial charge in [-0.3, -0.25) is 0 Å². The molecular formula is C24H44O. The van der Waals surface area contributed by atoms with Crippen molar-refractivity contribution in [2.45, 2.75) is 98.3 Å². The first-order valence-corrected chi connectivity index (χ1v) is 11.8. The van der Waals surface area contributed by atoms with Crippen LogP contribution in [-0.4, -0.2) is 11.7 Å². The highest BCUT2D eigenvalue weighted by atomic mass is 16.3. The van der Waals surface area contributed by atoms with Gasteiger partial charge < -0.3 is 5.11 Å². The molecule has 0 aromatic rings. The quantitative estimate of drug-likeness (QED) is 0.602. The van der Waals surface area contributed by atoms with Gasteiger partial charge in [0.2, 0.25) is 0 Å². The first-order chi connectivity index (χ1) is 12.2. The van der Waals surface area contributed by atoms with Gasteiger partial charge in [0.1, 0.15) is 0 Å². The largest absolute Gasteiger partial charge is 0.396 e. The minimum Gasteiger partial charge on any atom is -0.396 e. The van der Waals surface area contributed by atoms with Gasteiger partial charge in [0, 0.05) is 6.61 Å². The molecule has 4 rings (SSSR count). The second-order valence-corrected chi connectivity index (χ2v) is 9.90. The van der Waals surface area contributed by atoms with Gasteiger partial charge in [-0.25, -0.2) is 0 Å². The fourth-order valence-corrected chi connectivity index (χ4v) is 8.03. The predicted molar refractivity (Wildman–Crippen MR) is 107 cm³/mol. The molecule has 0 bridgehead atoms. The summed E-state index contributed by atoms with van der Waals surface area (Å²) in [6.07, 6.45) is 16.1. The van der Waals surface area contributed by atoms with Gasteiger partial charge in [-0.1, -0.05) is 47.0 Å². The third-order valence-electron chi connectivity index (χ3n) is 9.18. The molecule has 8 unspecified atom stereocenters. The van der Waals surface area contributed by atoms with Crippen molar-refractivity contribution in [3.05, 3.63) is 0 Å². The molecule has 0 amide bonds. The number of fused-ring (bicyclic) bond motifs is 5. The van der Waals surface area contributed by atoms with Crippen LogP contribution in [0.4, 0.5) is 0 Å². The van der Waals surface area contributed by atoms with Crippen LogP contribution < -0.4 is 0 Å². The Kier molecular flexibility index (Phi) is 6.56. The number of aliphatic hydroxyl groups is 1. The summed E-state index contributed by atoms with van der Waals surface area (Å²) in [7, 11) is 0. The average molecular weight is 349 g/mol. The minimum absolute atomic E-state index is 0.440. The maximum atomic E-state index is 9.83. The van der Waals surface area contributed by atoms with Crippen LogP contribution in [0.5, 0.6) is 0 Å². The van der Waals surface area contributed by atoms with E-state index in [1.165, 1.54) is 57.8 Å². The summed E-state index contributed by atoms with van der Waals surface area (Å²) >= 11 is 0. The standard InChI is InChI=1S/C22H38O.C2H6/c1-3-4-15-5-8-18-16(13-15)6-9-20-19(18)11-12-22(2)17(14-23)7-10-21(20)22;1-2/h15-21,23H,3-14H2,1-2H3;1-2H3. The van der Waals surface area contributed by atoms with Gasteiger partial charge >= 0.3 is 0 Å². The lowest BCUT2D eigenvalue weighted by Crippen LogP contribution is -2.48. The third-order valence-corrected chi connectivity index (χ3v) is 9.18. The van der Waals surface area contributed by atoms with Crippen LogP contribution >= 0.6 is 0 Å². The SMILES string of the molecule is CC.CCCC1CCC2C(CCC3C2CCC2(C)C(CO)CCC32)C1. The monoisotopic (exact) mass is 348 g/mol. The molecule has 0 saturated heterocycles. The molecule has 0 heterocycles. The summed E-state index contributed by atoms with van der Waals surface area (Å²) in [4.78, 5) is 0. The van der Waals surface area contributed by atoms with Gasteiger partial charge in [-0.15, -0.1) is 0 Å². The molecule has 25 heavy (non-hydrogen) atoms. The lowest BCUT2D eigenvalue weighted by atomic mass is 9.49. The van der Waals surface area contributed by atoms with Crippen LogP contribution in [0.15, 0.2) is 0 Å². The molecule has 4 fully saturated rings. The van der Waals surface area contributed by atoms with Crippen molar-refractivity contribution in [3.63, 3.8) is 0 Å². The van der Waals surface area contributed by atoms with Crippen molar-refractivity contribution >= 4 is 0 Å². The van der Waals surface area contributed by atoms with Crippen molar-refractivity contribution in [3.8, 4) is 0 Å². The van der Waals surface area contributed by atoms with Crippen molar-refractivity contribution < 1.29 is 5.11 Å². The molecular weight excluding hydrogens is 304 g/mol. The van der Waals surface area contributed by atoms with Gasteiger partial charge in [0.25, 0.3) is 0 Å². The molecule has 4 aliphatic rings. The summed E-state index contributed by atoms with van der Waals surface area (Å²) in [5, 5.41) is 9.83. The Morgan fingerprint density at radius 1 is 0.880 bits per heavy atom. The van der Waals surface area contributed by atoms with Crippen molar-refractivity contribution in [1.29, 1.82) is 0 Å². The van der Waals surface area contributed by atoms with E-state index in [0.29, 0.717) is 17.9 Å². The van der Waals surface area contributed by atoms with Gasteiger partial charge in [0.15, 0.2) is 0 Å². The molecule has 0 aromatic heterocycles. The topological polar surface area (TPSA) is 20.2 Å². The number of hydrogen-bond acceptors (Lipinski definition) is 1. The molecule has 146 valence electrons. The van der Waals surface area contributed by atoms with Crippen LogP contribution in [0.25, 0.3) is 0 Å². The fraction of sp³-hybridized carbons (Fsp3) is 1.00. The molecule has 4 saturated carbocycles. The van der Waals surface area contributed by atoms with E-state index in [1.54, 1.807) is 12.8 Å². The van der Waals surface area contributed by atoms with E-state index >= 15 is 0 Å². The normalized spacial score (nSPS) is 48.6. The van der Waals surface area contributed by atoms with Crippen molar-refractivity contribution in [1.82, 2.24) is 0 Å². The zero-order chi connectivity index (χ0) is 18.0. The molecule has 0 radical (unpaired) electrons. The Hall–Kier alpha value is -0.0400. The highest BCUT2D eigenvalue weighted by Crippen LogP contribution is 2.64. The third kappa shape index (κ3) is 3.44. The zero-order valence-electron chi connectivity index (χ0n) is 17.5. The van der Waals surface area contributed by atoms with Gasteiger partial charge in [0.05, 0.1) is 0 Å². The summed E-state index contributed by atoms with van der Waals surface area (Å²) in [5.41, 5.74) is 0.474. The van der Waals surface area contributed by atoms with E-state index in [1.807, 2.05) is 13.8 Å². The molecule has 1 nitrogen and oxygen atoms in total. The van der Waals surface area contributed by atoms with E-state index in [-0.39, 0.29) is 0 Å². The first-order valence-electron chi connectivity index (χ1n) is 11.8. The second-order valence-electron chi connectivity index (χ2n) is 9.90. The fourth-order valence-electron chi connectivity index (χ4n) is 8.03. The van der Waals surface area contributed by atoms with Crippen LogP contribution in [0.3, 0.4) is 0 Å². The Labute approximate surface area is 157 Å². The highest BCUT2D eigenvalue weighted by Gasteiger charge is 2.56. The molecule has 1 N–H and O–H groups in total. The van der Waals surface area contributed by atoms with E-state index in [2.05, 4.69) is 13.8 Å². The number of aliphatic hydroxyl groups excluding tert-OH is 1. The molecule has 4 aliphatic carbocycles. The Balaban J connectivity index is 0.000000880. The first kappa shape index (κ1) is 19.7. The van der Waals surface area contributed by atoms with Crippen molar-refractivity contribution in [2.24, 2.45) is 46.8 Å². The van der Waals surface area contributed by atoms with Crippen molar-refractivity contribution in [2.75, 3.05) is 6.61 Å².